The number of aliphatic hydroxyl groups is 1. The minimum atomic E-state index is -3.32. The van der Waals surface area contributed by atoms with Crippen LogP contribution >= 0.6 is 0 Å². The van der Waals surface area contributed by atoms with Gasteiger partial charge >= 0.3 is 0 Å². The first kappa shape index (κ1) is 15.3. The summed E-state index contributed by atoms with van der Waals surface area (Å²) in [5.74, 6) is 0.608. The Morgan fingerprint density at radius 2 is 2.25 bits per heavy atom. The lowest BCUT2D eigenvalue weighted by atomic mass is 10.2. The zero-order valence-corrected chi connectivity index (χ0v) is 12.5. The van der Waals surface area contributed by atoms with Crippen molar-refractivity contribution in [3.05, 3.63) is 24.3 Å². The molecular formula is C14H21NO4S. The van der Waals surface area contributed by atoms with Gasteiger partial charge in [0.25, 0.3) is 0 Å². The Labute approximate surface area is 120 Å². The summed E-state index contributed by atoms with van der Waals surface area (Å²) in [6.45, 7) is 1.42. The van der Waals surface area contributed by atoms with Crippen LogP contribution in [-0.4, -0.2) is 57.0 Å². The van der Waals surface area contributed by atoms with Gasteiger partial charge in [0.15, 0.2) is 9.84 Å². The van der Waals surface area contributed by atoms with Gasteiger partial charge in [-0.15, -0.1) is 0 Å². The summed E-state index contributed by atoms with van der Waals surface area (Å²) < 4.78 is 29.7. The van der Waals surface area contributed by atoms with Crippen LogP contribution in [0.3, 0.4) is 0 Å². The fraction of sp³-hybridized carbons (Fsp3) is 0.571. The molecule has 1 aromatic rings. The number of hydrogen-bond donors (Lipinski definition) is 1. The number of sulfone groups is 1. The molecule has 0 aromatic heterocycles. The summed E-state index contributed by atoms with van der Waals surface area (Å²) in [6, 6.07) is 6.64. The summed E-state index contributed by atoms with van der Waals surface area (Å²) in [5.41, 5.74) is 0. The van der Waals surface area contributed by atoms with Crippen molar-refractivity contribution in [1.29, 1.82) is 0 Å². The van der Waals surface area contributed by atoms with Crippen LogP contribution < -0.4 is 4.74 Å². The number of methoxy groups -OCH3 is 1. The third-order valence-corrected chi connectivity index (χ3v) is 5.45. The number of nitrogens with zero attached hydrogens (tertiary/aromatic N) is 1. The van der Waals surface area contributed by atoms with Crippen molar-refractivity contribution in [2.24, 2.45) is 0 Å². The van der Waals surface area contributed by atoms with Gasteiger partial charge in [-0.2, -0.15) is 0 Å². The fourth-order valence-electron chi connectivity index (χ4n) is 2.55. The highest BCUT2D eigenvalue weighted by molar-refractivity contribution is 7.91. The van der Waals surface area contributed by atoms with E-state index in [0.717, 1.165) is 19.4 Å². The molecule has 0 radical (unpaired) electrons. The van der Waals surface area contributed by atoms with Crippen molar-refractivity contribution in [2.45, 2.75) is 23.8 Å². The molecule has 1 aliphatic heterocycles. The molecule has 20 heavy (non-hydrogen) atoms. The molecule has 0 bridgehead atoms. The highest BCUT2D eigenvalue weighted by atomic mass is 32.2. The highest BCUT2D eigenvalue weighted by Crippen LogP contribution is 2.20. The van der Waals surface area contributed by atoms with Gasteiger partial charge in [0, 0.05) is 12.6 Å². The van der Waals surface area contributed by atoms with E-state index in [1.54, 1.807) is 24.3 Å². The summed E-state index contributed by atoms with van der Waals surface area (Å²) in [6.07, 6.45) is 1.96. The van der Waals surface area contributed by atoms with E-state index in [0.29, 0.717) is 12.3 Å². The van der Waals surface area contributed by atoms with E-state index in [-0.39, 0.29) is 23.3 Å². The number of rotatable bonds is 6. The normalized spacial score (nSPS) is 20.2. The Kier molecular flexibility index (Phi) is 5.01. The van der Waals surface area contributed by atoms with Gasteiger partial charge in [-0.25, -0.2) is 8.42 Å². The Balaban J connectivity index is 2.03. The van der Waals surface area contributed by atoms with E-state index in [2.05, 4.69) is 4.90 Å². The Morgan fingerprint density at radius 3 is 2.95 bits per heavy atom. The van der Waals surface area contributed by atoms with Crippen LogP contribution in [0.5, 0.6) is 5.75 Å². The third-order valence-electron chi connectivity index (χ3n) is 3.76. The van der Waals surface area contributed by atoms with Gasteiger partial charge in [0.2, 0.25) is 0 Å². The summed E-state index contributed by atoms with van der Waals surface area (Å²) in [7, 11) is -1.80. The molecule has 6 heteroatoms. The van der Waals surface area contributed by atoms with Crippen molar-refractivity contribution in [2.75, 3.05) is 32.6 Å². The quantitative estimate of drug-likeness (QED) is 0.846. The van der Waals surface area contributed by atoms with Crippen molar-refractivity contribution in [1.82, 2.24) is 4.90 Å². The van der Waals surface area contributed by atoms with E-state index in [4.69, 9.17) is 4.74 Å². The van der Waals surface area contributed by atoms with E-state index in [1.807, 2.05) is 0 Å². The summed E-state index contributed by atoms with van der Waals surface area (Å²) in [4.78, 5) is 2.34. The smallest absolute Gasteiger partial charge is 0.179 e. The maximum atomic E-state index is 12.3. The molecule has 0 aliphatic carbocycles. The van der Waals surface area contributed by atoms with Crippen molar-refractivity contribution >= 4 is 9.84 Å². The van der Waals surface area contributed by atoms with E-state index in [9.17, 15) is 13.5 Å². The zero-order chi connectivity index (χ0) is 14.6. The molecule has 1 atom stereocenters. The van der Waals surface area contributed by atoms with Crippen molar-refractivity contribution < 1.29 is 18.3 Å². The molecule has 1 aromatic carbocycles. The Bertz CT molecular complexity index is 544. The average Bonchev–Trinajstić information content (AvgIpc) is 2.93. The molecule has 1 N–H and O–H groups in total. The van der Waals surface area contributed by atoms with E-state index < -0.39 is 9.84 Å². The van der Waals surface area contributed by atoms with Gasteiger partial charge in [-0.1, -0.05) is 6.07 Å². The predicted octanol–water partition coefficient (Wildman–Crippen LogP) is 0.926. The van der Waals surface area contributed by atoms with Crippen LogP contribution in [0.25, 0.3) is 0 Å². The minimum absolute atomic E-state index is 0.0661. The molecule has 1 aliphatic rings. The van der Waals surface area contributed by atoms with Gasteiger partial charge in [-0.3, -0.25) is 4.90 Å². The lowest BCUT2D eigenvalue weighted by Gasteiger charge is -2.22. The standard InChI is InChI=1S/C14H21NO4S/c1-19-13-5-2-6-14(10-13)20(17,18)9-8-15-7-3-4-12(15)11-16/h2,5-6,10,12,16H,3-4,7-9,11H2,1H3. The first-order valence-electron chi connectivity index (χ1n) is 6.78. The molecule has 2 rings (SSSR count). The molecule has 1 unspecified atom stereocenters. The molecule has 0 saturated carbocycles. The predicted molar refractivity (Wildman–Crippen MR) is 76.7 cm³/mol. The maximum Gasteiger partial charge on any atom is 0.179 e. The number of aliphatic hydroxyl groups excluding tert-OH is 1. The molecular weight excluding hydrogens is 278 g/mol. The molecule has 1 heterocycles. The minimum Gasteiger partial charge on any atom is -0.497 e. The molecule has 1 fully saturated rings. The molecule has 0 spiro atoms. The SMILES string of the molecule is COc1cccc(S(=O)(=O)CCN2CCCC2CO)c1. The lowest BCUT2D eigenvalue weighted by Crippen LogP contribution is -2.35. The van der Waals surface area contributed by atoms with Gasteiger partial charge < -0.3 is 9.84 Å². The Hall–Kier alpha value is -1.11. The second-order valence-corrected chi connectivity index (χ2v) is 7.12. The van der Waals surface area contributed by atoms with Crippen molar-refractivity contribution in [3.8, 4) is 5.75 Å². The molecule has 5 nitrogen and oxygen atoms in total. The van der Waals surface area contributed by atoms with Crippen LogP contribution in [0.15, 0.2) is 29.2 Å². The summed E-state index contributed by atoms with van der Waals surface area (Å²) in [5, 5.41) is 9.24. The third kappa shape index (κ3) is 3.50. The zero-order valence-electron chi connectivity index (χ0n) is 11.7. The topological polar surface area (TPSA) is 66.8 Å². The molecule has 0 amide bonds. The number of ether oxygens (including phenoxy) is 1. The van der Waals surface area contributed by atoms with Crippen LogP contribution in [0.1, 0.15) is 12.8 Å². The highest BCUT2D eigenvalue weighted by Gasteiger charge is 2.25. The number of likely N-dealkylation sites (tertiary alicyclic amines) is 1. The largest absolute Gasteiger partial charge is 0.497 e. The monoisotopic (exact) mass is 299 g/mol. The number of hydrogen-bond acceptors (Lipinski definition) is 5. The van der Waals surface area contributed by atoms with Crippen LogP contribution in [-0.2, 0) is 9.84 Å². The fourth-order valence-corrected chi connectivity index (χ4v) is 3.84. The molecule has 112 valence electrons. The summed E-state index contributed by atoms with van der Waals surface area (Å²) >= 11 is 0. The van der Waals surface area contributed by atoms with Crippen LogP contribution in [0.2, 0.25) is 0 Å². The Morgan fingerprint density at radius 1 is 1.45 bits per heavy atom. The molecule has 1 saturated heterocycles. The first-order chi connectivity index (χ1) is 9.56. The number of benzene rings is 1. The van der Waals surface area contributed by atoms with E-state index >= 15 is 0 Å². The van der Waals surface area contributed by atoms with Crippen molar-refractivity contribution in [3.63, 3.8) is 0 Å². The van der Waals surface area contributed by atoms with E-state index in [1.165, 1.54) is 7.11 Å². The average molecular weight is 299 g/mol. The van der Waals surface area contributed by atoms with Gasteiger partial charge in [-0.05, 0) is 37.6 Å². The van der Waals surface area contributed by atoms with Crippen LogP contribution in [0, 0.1) is 0 Å². The maximum absolute atomic E-state index is 12.3. The second kappa shape index (κ2) is 6.56. The van der Waals surface area contributed by atoms with Gasteiger partial charge in [0.05, 0.1) is 24.4 Å². The lowest BCUT2D eigenvalue weighted by molar-refractivity contribution is 0.165. The second-order valence-electron chi connectivity index (χ2n) is 5.01. The van der Waals surface area contributed by atoms with Crippen LogP contribution in [0.4, 0.5) is 0 Å². The van der Waals surface area contributed by atoms with Gasteiger partial charge in [0.1, 0.15) is 5.75 Å². The first-order valence-corrected chi connectivity index (χ1v) is 8.44.